The standard InChI is InChI=1S/C26H31N5O2/c1-26(2,3)33-25(32)28-16-21-7-6-14-30(17-21)24-29-22-8-4-5-9-23(22)31(24)18-20-12-10-19(15-27)11-13-20/h4-5,8-13,21H,6-7,14,16-18H2,1-3H3,(H,28,32)/t21-/m0/s1. The molecule has 3 aromatic rings. The third-order valence-electron chi connectivity index (χ3n) is 5.79. The van der Waals surface area contributed by atoms with E-state index in [9.17, 15) is 4.79 Å². The van der Waals surface area contributed by atoms with Gasteiger partial charge in [-0.25, -0.2) is 9.78 Å². The number of hydrogen-bond acceptors (Lipinski definition) is 5. The molecule has 1 aliphatic rings. The van der Waals surface area contributed by atoms with E-state index in [1.807, 2.05) is 63.2 Å². The van der Waals surface area contributed by atoms with Crippen LogP contribution in [0.4, 0.5) is 10.7 Å². The molecule has 1 atom stereocenters. The van der Waals surface area contributed by atoms with Crippen LogP contribution in [0.2, 0.25) is 0 Å². The quantitative estimate of drug-likeness (QED) is 0.616. The number of para-hydroxylation sites is 2. The van der Waals surface area contributed by atoms with Crippen LogP contribution >= 0.6 is 0 Å². The van der Waals surface area contributed by atoms with Crippen molar-refractivity contribution < 1.29 is 9.53 Å². The van der Waals surface area contributed by atoms with E-state index in [0.29, 0.717) is 24.6 Å². The van der Waals surface area contributed by atoms with Gasteiger partial charge in [-0.1, -0.05) is 24.3 Å². The van der Waals surface area contributed by atoms with E-state index >= 15 is 0 Å². The molecule has 172 valence electrons. The van der Waals surface area contributed by atoms with E-state index in [2.05, 4.69) is 26.9 Å². The van der Waals surface area contributed by atoms with Crippen molar-refractivity contribution in [1.29, 1.82) is 5.26 Å². The first-order valence-electron chi connectivity index (χ1n) is 11.5. The van der Waals surface area contributed by atoms with Crippen LogP contribution in [0.3, 0.4) is 0 Å². The van der Waals surface area contributed by atoms with E-state index in [-0.39, 0.29) is 6.09 Å². The molecule has 0 saturated carbocycles. The predicted octanol–water partition coefficient (Wildman–Crippen LogP) is 4.70. The molecule has 2 aromatic carbocycles. The average molecular weight is 446 g/mol. The normalized spacial score (nSPS) is 16.4. The van der Waals surface area contributed by atoms with Crippen LogP contribution in [0.1, 0.15) is 44.7 Å². The second-order valence-corrected chi connectivity index (χ2v) is 9.63. The number of fused-ring (bicyclic) bond motifs is 1. The zero-order valence-corrected chi connectivity index (χ0v) is 19.5. The Morgan fingerprint density at radius 3 is 2.70 bits per heavy atom. The number of nitrogens with one attached hydrogen (secondary N) is 1. The van der Waals surface area contributed by atoms with Crippen molar-refractivity contribution in [3.63, 3.8) is 0 Å². The van der Waals surface area contributed by atoms with Crippen molar-refractivity contribution in [1.82, 2.24) is 14.9 Å². The van der Waals surface area contributed by atoms with Gasteiger partial charge < -0.3 is 19.5 Å². The highest BCUT2D eigenvalue weighted by Gasteiger charge is 2.25. The van der Waals surface area contributed by atoms with Crippen LogP contribution in [-0.2, 0) is 11.3 Å². The van der Waals surface area contributed by atoms with Crippen LogP contribution in [0.15, 0.2) is 48.5 Å². The van der Waals surface area contributed by atoms with Crippen molar-refractivity contribution in [2.45, 2.75) is 45.8 Å². The summed E-state index contributed by atoms with van der Waals surface area (Å²) in [4.78, 5) is 19.4. The maximum absolute atomic E-state index is 12.1. The smallest absolute Gasteiger partial charge is 0.407 e. The number of anilines is 1. The van der Waals surface area contributed by atoms with E-state index in [4.69, 9.17) is 15.0 Å². The molecule has 1 amide bonds. The third-order valence-corrected chi connectivity index (χ3v) is 5.79. The fourth-order valence-electron chi connectivity index (χ4n) is 4.28. The molecule has 1 saturated heterocycles. The summed E-state index contributed by atoms with van der Waals surface area (Å²) in [5.74, 6) is 1.27. The molecule has 1 aromatic heterocycles. The number of carbonyl (C=O) groups is 1. The fraction of sp³-hybridized carbons (Fsp3) is 0.423. The van der Waals surface area contributed by atoms with E-state index in [1.54, 1.807) is 0 Å². The summed E-state index contributed by atoms with van der Waals surface area (Å²) in [5.41, 5.74) is 3.34. The molecule has 0 spiro atoms. The average Bonchev–Trinajstić information content (AvgIpc) is 3.16. The number of carbonyl (C=O) groups excluding carboxylic acids is 1. The van der Waals surface area contributed by atoms with E-state index in [1.165, 1.54) is 0 Å². The van der Waals surface area contributed by atoms with Crippen molar-refractivity contribution in [3.8, 4) is 6.07 Å². The van der Waals surface area contributed by atoms with Gasteiger partial charge in [0, 0.05) is 19.6 Å². The van der Waals surface area contributed by atoms with Crippen molar-refractivity contribution in [3.05, 3.63) is 59.7 Å². The van der Waals surface area contributed by atoms with Crippen molar-refractivity contribution >= 4 is 23.1 Å². The number of rotatable bonds is 5. The number of nitrogens with zero attached hydrogens (tertiary/aromatic N) is 4. The minimum absolute atomic E-state index is 0.328. The van der Waals surface area contributed by atoms with Gasteiger partial charge in [0.15, 0.2) is 0 Å². The highest BCUT2D eigenvalue weighted by atomic mass is 16.6. The maximum atomic E-state index is 12.1. The van der Waals surface area contributed by atoms with Gasteiger partial charge in [-0.05, 0) is 69.4 Å². The summed E-state index contributed by atoms with van der Waals surface area (Å²) in [6.07, 6.45) is 1.73. The molecule has 1 aliphatic heterocycles. The maximum Gasteiger partial charge on any atom is 0.407 e. The predicted molar refractivity (Wildman–Crippen MR) is 129 cm³/mol. The summed E-state index contributed by atoms with van der Waals surface area (Å²) < 4.78 is 7.63. The van der Waals surface area contributed by atoms with Gasteiger partial charge in [-0.3, -0.25) is 0 Å². The highest BCUT2D eigenvalue weighted by molar-refractivity contribution is 5.79. The Kier molecular flexibility index (Phi) is 6.55. The van der Waals surface area contributed by atoms with E-state index < -0.39 is 5.60 Å². The molecule has 2 heterocycles. The largest absolute Gasteiger partial charge is 0.444 e. The molecular weight excluding hydrogens is 414 g/mol. The first kappa shape index (κ1) is 22.7. The van der Waals surface area contributed by atoms with Crippen molar-refractivity contribution in [2.75, 3.05) is 24.5 Å². The van der Waals surface area contributed by atoms with Crippen molar-refractivity contribution in [2.24, 2.45) is 5.92 Å². The van der Waals surface area contributed by atoms with Gasteiger partial charge in [-0.15, -0.1) is 0 Å². The molecule has 1 N–H and O–H groups in total. The summed E-state index contributed by atoms with van der Waals surface area (Å²) in [5, 5.41) is 12.0. The second-order valence-electron chi connectivity index (χ2n) is 9.63. The first-order valence-corrected chi connectivity index (χ1v) is 11.5. The number of imidazole rings is 1. The SMILES string of the molecule is CC(C)(C)OC(=O)NC[C@@H]1CCCN(c2nc3ccccc3n2Cc2ccc(C#N)cc2)C1. The molecule has 0 aliphatic carbocycles. The van der Waals surface area contributed by atoms with E-state index in [0.717, 1.165) is 48.5 Å². The molecule has 1 fully saturated rings. The Morgan fingerprint density at radius 1 is 1.21 bits per heavy atom. The van der Waals surface area contributed by atoms with Gasteiger partial charge in [0.1, 0.15) is 5.60 Å². The molecule has 7 heteroatoms. The highest BCUT2D eigenvalue weighted by Crippen LogP contribution is 2.28. The van der Waals surface area contributed by atoms with Crippen LogP contribution in [-0.4, -0.2) is 40.9 Å². The number of ether oxygens (including phenoxy) is 1. The number of hydrogen-bond donors (Lipinski definition) is 1. The number of amides is 1. The number of piperidine rings is 1. The Morgan fingerprint density at radius 2 is 1.97 bits per heavy atom. The lowest BCUT2D eigenvalue weighted by Crippen LogP contribution is -2.43. The number of nitriles is 1. The first-order chi connectivity index (χ1) is 15.8. The summed E-state index contributed by atoms with van der Waals surface area (Å²) in [6, 6.07) is 18.1. The van der Waals surface area contributed by atoms with Crippen LogP contribution in [0, 0.1) is 17.2 Å². The van der Waals surface area contributed by atoms with Gasteiger partial charge in [0.25, 0.3) is 0 Å². The summed E-state index contributed by atoms with van der Waals surface area (Å²) in [6.45, 7) is 8.63. The van der Waals surface area contributed by atoms with Crippen LogP contribution in [0.5, 0.6) is 0 Å². The molecule has 0 bridgehead atoms. The minimum Gasteiger partial charge on any atom is -0.444 e. The summed E-state index contributed by atoms with van der Waals surface area (Å²) >= 11 is 0. The topological polar surface area (TPSA) is 83.2 Å². The second kappa shape index (κ2) is 9.53. The fourth-order valence-corrected chi connectivity index (χ4v) is 4.28. The molecule has 0 radical (unpaired) electrons. The van der Waals surface area contributed by atoms with Gasteiger partial charge in [-0.2, -0.15) is 5.26 Å². The molecule has 0 unspecified atom stereocenters. The Bertz CT molecular complexity index is 1150. The van der Waals surface area contributed by atoms with Gasteiger partial charge >= 0.3 is 6.09 Å². The number of aromatic nitrogens is 2. The molecular formula is C26H31N5O2. The zero-order chi connectivity index (χ0) is 23.4. The molecule has 33 heavy (non-hydrogen) atoms. The summed E-state index contributed by atoms with van der Waals surface area (Å²) in [7, 11) is 0. The van der Waals surface area contributed by atoms with Crippen LogP contribution in [0.25, 0.3) is 11.0 Å². The minimum atomic E-state index is -0.501. The number of alkyl carbamates (subject to hydrolysis) is 1. The Balaban J connectivity index is 1.52. The lowest BCUT2D eigenvalue weighted by atomic mass is 9.98. The third kappa shape index (κ3) is 5.64. The Labute approximate surface area is 195 Å². The zero-order valence-electron chi connectivity index (χ0n) is 19.5. The van der Waals surface area contributed by atoms with Gasteiger partial charge in [0.2, 0.25) is 5.95 Å². The number of benzene rings is 2. The Hall–Kier alpha value is -3.53. The van der Waals surface area contributed by atoms with Crippen LogP contribution < -0.4 is 10.2 Å². The lowest BCUT2D eigenvalue weighted by Gasteiger charge is -2.34. The monoisotopic (exact) mass is 445 g/mol. The molecule has 7 nitrogen and oxygen atoms in total. The lowest BCUT2D eigenvalue weighted by molar-refractivity contribution is 0.0517. The molecule has 4 rings (SSSR count). The van der Waals surface area contributed by atoms with Gasteiger partial charge in [0.05, 0.1) is 29.2 Å².